The van der Waals surface area contributed by atoms with Gasteiger partial charge in [-0.1, -0.05) is 30.3 Å². The highest BCUT2D eigenvalue weighted by atomic mass is 32.2. The van der Waals surface area contributed by atoms with Gasteiger partial charge >= 0.3 is 10.2 Å². The number of para-hydroxylation sites is 1. The molecule has 0 aliphatic carbocycles. The number of hydrogen-bond acceptors (Lipinski definition) is 5. The van der Waals surface area contributed by atoms with Crippen molar-refractivity contribution >= 4 is 27.5 Å². The summed E-state index contributed by atoms with van der Waals surface area (Å²) < 4.78 is 27.7. The molecule has 0 saturated carbocycles. The van der Waals surface area contributed by atoms with Gasteiger partial charge in [0.15, 0.2) is 0 Å². The molecule has 0 spiro atoms. The lowest BCUT2D eigenvalue weighted by molar-refractivity contribution is -0.119. The van der Waals surface area contributed by atoms with E-state index in [9.17, 15) is 13.2 Å². The standard InChI is InChI=1S/C25H37N5O3S/c1-21-10-8-13-24(18-21)29-17-16-28(19-22(29)2)15-9-14-26-25(31)20-30(34(32,33)27(3)4)23-11-6-5-7-12-23/h5-8,10-13,18,22H,9,14-17,19-20H2,1-4H3,(H,26,31)/t22-/m1/s1. The fraction of sp³-hybridized carbons (Fsp3) is 0.480. The van der Waals surface area contributed by atoms with Gasteiger partial charge in [0.25, 0.3) is 0 Å². The molecule has 34 heavy (non-hydrogen) atoms. The van der Waals surface area contributed by atoms with E-state index < -0.39 is 10.2 Å². The van der Waals surface area contributed by atoms with E-state index in [0.29, 0.717) is 18.3 Å². The highest BCUT2D eigenvalue weighted by Gasteiger charge is 2.27. The molecule has 1 heterocycles. The first-order chi connectivity index (χ1) is 16.2. The number of hydrogen-bond donors (Lipinski definition) is 1. The van der Waals surface area contributed by atoms with Crippen LogP contribution in [0.4, 0.5) is 11.4 Å². The first-order valence-corrected chi connectivity index (χ1v) is 13.2. The van der Waals surface area contributed by atoms with Gasteiger partial charge in [-0.3, -0.25) is 9.69 Å². The maximum atomic E-state index is 12.7. The Morgan fingerprint density at radius 3 is 2.47 bits per heavy atom. The van der Waals surface area contributed by atoms with Crippen molar-refractivity contribution in [1.82, 2.24) is 14.5 Å². The number of nitrogens with one attached hydrogen (secondary N) is 1. The Balaban J connectivity index is 1.46. The Morgan fingerprint density at radius 2 is 1.82 bits per heavy atom. The zero-order valence-corrected chi connectivity index (χ0v) is 21.5. The summed E-state index contributed by atoms with van der Waals surface area (Å²) in [6, 6.07) is 17.7. The second kappa shape index (κ2) is 11.7. The first-order valence-electron chi connectivity index (χ1n) is 11.8. The predicted octanol–water partition coefficient (Wildman–Crippen LogP) is 2.32. The Labute approximate surface area is 204 Å². The minimum Gasteiger partial charge on any atom is -0.366 e. The minimum absolute atomic E-state index is 0.253. The smallest absolute Gasteiger partial charge is 0.304 e. The number of piperazine rings is 1. The van der Waals surface area contributed by atoms with Gasteiger partial charge in [0.2, 0.25) is 5.91 Å². The number of aryl methyl sites for hydroxylation is 1. The Bertz CT molecular complexity index is 1050. The van der Waals surface area contributed by atoms with E-state index in [-0.39, 0.29) is 12.5 Å². The van der Waals surface area contributed by atoms with Crippen molar-refractivity contribution in [3.05, 3.63) is 60.2 Å². The van der Waals surface area contributed by atoms with Crippen LogP contribution in [0, 0.1) is 6.92 Å². The molecule has 9 heteroatoms. The second-order valence-corrected chi connectivity index (χ2v) is 11.1. The van der Waals surface area contributed by atoms with Gasteiger partial charge < -0.3 is 10.2 Å². The molecule has 0 aromatic heterocycles. The van der Waals surface area contributed by atoms with Crippen molar-refractivity contribution in [3.63, 3.8) is 0 Å². The van der Waals surface area contributed by atoms with Gasteiger partial charge in [0.1, 0.15) is 6.54 Å². The van der Waals surface area contributed by atoms with Crippen molar-refractivity contribution in [2.45, 2.75) is 26.3 Å². The number of rotatable bonds is 10. The molecule has 2 aromatic rings. The summed E-state index contributed by atoms with van der Waals surface area (Å²) in [5.41, 5.74) is 3.01. The maximum absolute atomic E-state index is 12.7. The van der Waals surface area contributed by atoms with E-state index >= 15 is 0 Å². The lowest BCUT2D eigenvalue weighted by atomic mass is 10.1. The lowest BCUT2D eigenvalue weighted by Gasteiger charge is -2.41. The fourth-order valence-electron chi connectivity index (χ4n) is 4.24. The van der Waals surface area contributed by atoms with Crippen LogP contribution in [0.3, 0.4) is 0 Å². The molecule has 1 fully saturated rings. The number of carbonyl (C=O) groups excluding carboxylic acids is 1. The van der Waals surface area contributed by atoms with Crippen LogP contribution < -0.4 is 14.5 Å². The second-order valence-electron chi connectivity index (χ2n) is 9.02. The SMILES string of the molecule is Cc1cccc(N2CCN(CCCNC(=O)CN(c3ccccc3)S(=O)(=O)N(C)C)C[C@H]2C)c1. The fourth-order valence-corrected chi connectivity index (χ4v) is 5.30. The van der Waals surface area contributed by atoms with E-state index in [1.54, 1.807) is 24.3 Å². The van der Waals surface area contributed by atoms with Crippen molar-refractivity contribution in [3.8, 4) is 0 Å². The molecular formula is C25H37N5O3S. The van der Waals surface area contributed by atoms with Gasteiger partial charge in [-0.25, -0.2) is 4.31 Å². The molecule has 1 amide bonds. The summed E-state index contributed by atoms with van der Waals surface area (Å²) in [6.07, 6.45) is 0.814. The molecule has 1 aliphatic rings. The van der Waals surface area contributed by atoms with Crippen LogP contribution in [0.15, 0.2) is 54.6 Å². The van der Waals surface area contributed by atoms with E-state index in [2.05, 4.69) is 53.2 Å². The molecule has 0 unspecified atom stereocenters. The van der Waals surface area contributed by atoms with Crippen molar-refractivity contribution in [1.29, 1.82) is 0 Å². The van der Waals surface area contributed by atoms with Crippen LogP contribution in [-0.4, -0.2) is 82.9 Å². The van der Waals surface area contributed by atoms with Gasteiger partial charge in [-0.05, 0) is 56.6 Å². The average Bonchev–Trinajstić information content (AvgIpc) is 2.80. The van der Waals surface area contributed by atoms with Crippen molar-refractivity contribution in [2.75, 3.05) is 62.6 Å². The molecule has 0 radical (unpaired) electrons. The summed E-state index contributed by atoms with van der Waals surface area (Å²) in [7, 11) is -0.857. The normalized spacial score (nSPS) is 17.1. The summed E-state index contributed by atoms with van der Waals surface area (Å²) >= 11 is 0. The predicted molar refractivity (Wildman–Crippen MR) is 138 cm³/mol. The Morgan fingerprint density at radius 1 is 1.09 bits per heavy atom. The third-order valence-electron chi connectivity index (χ3n) is 6.09. The van der Waals surface area contributed by atoms with E-state index in [1.165, 1.54) is 25.3 Å². The van der Waals surface area contributed by atoms with E-state index in [0.717, 1.165) is 41.2 Å². The minimum atomic E-state index is -3.78. The summed E-state index contributed by atoms with van der Waals surface area (Å²) in [4.78, 5) is 17.5. The molecule has 3 rings (SSSR count). The monoisotopic (exact) mass is 487 g/mol. The maximum Gasteiger partial charge on any atom is 0.304 e. The Hall–Kier alpha value is -2.62. The van der Waals surface area contributed by atoms with Gasteiger partial charge in [-0.2, -0.15) is 12.7 Å². The lowest BCUT2D eigenvalue weighted by Crippen LogP contribution is -2.52. The number of anilines is 2. The van der Waals surface area contributed by atoms with Crippen molar-refractivity contribution < 1.29 is 13.2 Å². The number of amides is 1. The zero-order chi connectivity index (χ0) is 24.7. The van der Waals surface area contributed by atoms with Crippen LogP contribution in [0.5, 0.6) is 0 Å². The van der Waals surface area contributed by atoms with Gasteiger partial charge in [-0.15, -0.1) is 0 Å². The van der Waals surface area contributed by atoms with E-state index in [1.807, 2.05) is 6.07 Å². The number of benzene rings is 2. The van der Waals surface area contributed by atoms with Gasteiger partial charge in [0.05, 0.1) is 5.69 Å². The van der Waals surface area contributed by atoms with Crippen LogP contribution in [-0.2, 0) is 15.0 Å². The topological polar surface area (TPSA) is 76.2 Å². The Kier molecular flexibility index (Phi) is 8.93. The first kappa shape index (κ1) is 26.0. The molecule has 1 N–H and O–H groups in total. The molecule has 1 atom stereocenters. The van der Waals surface area contributed by atoms with Gasteiger partial charge in [0, 0.05) is 52.0 Å². The molecule has 8 nitrogen and oxygen atoms in total. The summed E-state index contributed by atoms with van der Waals surface area (Å²) in [6.45, 7) is 8.45. The summed E-state index contributed by atoms with van der Waals surface area (Å²) in [5.74, 6) is -0.313. The summed E-state index contributed by atoms with van der Waals surface area (Å²) in [5, 5.41) is 2.88. The molecular weight excluding hydrogens is 450 g/mol. The molecule has 186 valence electrons. The third-order valence-corrected chi connectivity index (χ3v) is 7.91. The number of carbonyl (C=O) groups is 1. The van der Waals surface area contributed by atoms with Crippen LogP contribution in [0.1, 0.15) is 18.9 Å². The molecule has 2 aromatic carbocycles. The zero-order valence-electron chi connectivity index (χ0n) is 20.6. The molecule has 0 bridgehead atoms. The average molecular weight is 488 g/mol. The largest absolute Gasteiger partial charge is 0.366 e. The third kappa shape index (κ3) is 6.71. The molecule has 1 saturated heterocycles. The van der Waals surface area contributed by atoms with E-state index in [4.69, 9.17) is 0 Å². The number of nitrogens with zero attached hydrogens (tertiary/aromatic N) is 4. The van der Waals surface area contributed by atoms with Crippen LogP contribution in [0.25, 0.3) is 0 Å². The highest BCUT2D eigenvalue weighted by Crippen LogP contribution is 2.22. The van der Waals surface area contributed by atoms with Crippen LogP contribution in [0.2, 0.25) is 0 Å². The van der Waals surface area contributed by atoms with Crippen molar-refractivity contribution in [2.24, 2.45) is 0 Å². The highest BCUT2D eigenvalue weighted by molar-refractivity contribution is 7.90. The van der Waals surface area contributed by atoms with Crippen LogP contribution >= 0.6 is 0 Å². The quantitative estimate of drug-likeness (QED) is 0.521. The molecule has 1 aliphatic heterocycles.